The number of carbonyl (C=O) groups is 2. The Hall–Kier alpha value is -1.25. The predicted molar refractivity (Wildman–Crippen MR) is 271 cm³/mol. The molecule has 0 aromatic heterocycles. The Labute approximate surface area is 396 Å². The van der Waals surface area contributed by atoms with E-state index < -0.39 is 26.5 Å². The molecule has 380 valence electrons. The highest BCUT2D eigenvalue weighted by Gasteiger charge is 2.26. The first-order chi connectivity index (χ1) is 31.3. The summed E-state index contributed by atoms with van der Waals surface area (Å²) in [5.41, 5.74) is 5.36. The number of hydrogen-bond donors (Lipinski definition) is 2. The van der Waals surface area contributed by atoms with Crippen LogP contribution in [0.4, 0.5) is 0 Å². The highest BCUT2D eigenvalue weighted by molar-refractivity contribution is 7.47. The van der Waals surface area contributed by atoms with E-state index in [1.54, 1.807) is 0 Å². The average Bonchev–Trinajstić information content (AvgIpc) is 3.28. The zero-order chi connectivity index (χ0) is 46.7. The molecule has 3 N–H and O–H groups in total. The van der Waals surface area contributed by atoms with Gasteiger partial charge in [0.15, 0.2) is 6.10 Å². The van der Waals surface area contributed by atoms with Crippen LogP contribution in [0.15, 0.2) is 12.2 Å². The number of rotatable bonds is 53. The molecule has 0 aromatic carbocycles. The van der Waals surface area contributed by atoms with Gasteiger partial charge in [0.2, 0.25) is 0 Å². The molecule has 0 radical (unpaired) electrons. The van der Waals surface area contributed by atoms with Crippen molar-refractivity contribution in [3.63, 3.8) is 0 Å². The third kappa shape index (κ3) is 50.2. The highest BCUT2D eigenvalue weighted by atomic mass is 31.2. The van der Waals surface area contributed by atoms with Crippen LogP contribution in [0.25, 0.3) is 0 Å². The molecule has 2 atom stereocenters. The Morgan fingerprint density at radius 1 is 0.453 bits per heavy atom. The summed E-state index contributed by atoms with van der Waals surface area (Å²) in [4.78, 5) is 35.0. The van der Waals surface area contributed by atoms with Crippen molar-refractivity contribution in [3.05, 3.63) is 12.2 Å². The van der Waals surface area contributed by atoms with Crippen LogP contribution in [0.1, 0.15) is 290 Å². The molecule has 0 heterocycles. The lowest BCUT2D eigenvalue weighted by molar-refractivity contribution is -0.161. The van der Waals surface area contributed by atoms with Crippen LogP contribution in [0.2, 0.25) is 0 Å². The first kappa shape index (κ1) is 62.8. The van der Waals surface area contributed by atoms with Gasteiger partial charge in [0.25, 0.3) is 0 Å². The summed E-state index contributed by atoms with van der Waals surface area (Å²) in [6, 6.07) is 0. The molecule has 0 rings (SSSR count). The van der Waals surface area contributed by atoms with Crippen molar-refractivity contribution in [1.82, 2.24) is 0 Å². The fourth-order valence-electron chi connectivity index (χ4n) is 8.28. The molecule has 0 aliphatic carbocycles. The van der Waals surface area contributed by atoms with Gasteiger partial charge in [-0.1, -0.05) is 251 Å². The van der Waals surface area contributed by atoms with Gasteiger partial charge in [-0.3, -0.25) is 18.6 Å². The molecule has 2 unspecified atom stereocenters. The zero-order valence-corrected chi connectivity index (χ0v) is 43.2. The van der Waals surface area contributed by atoms with Crippen molar-refractivity contribution in [2.45, 2.75) is 296 Å². The van der Waals surface area contributed by atoms with Gasteiger partial charge in [-0.25, -0.2) is 4.57 Å². The lowest BCUT2D eigenvalue weighted by Gasteiger charge is -2.19. The van der Waals surface area contributed by atoms with Crippen LogP contribution in [0, 0.1) is 0 Å². The third-order valence-corrected chi connectivity index (χ3v) is 13.4. The van der Waals surface area contributed by atoms with Crippen molar-refractivity contribution in [1.29, 1.82) is 0 Å². The van der Waals surface area contributed by atoms with Gasteiger partial charge in [-0.2, -0.15) is 0 Å². The molecular formula is C54H106NO8P. The van der Waals surface area contributed by atoms with E-state index in [0.717, 1.165) is 51.4 Å². The van der Waals surface area contributed by atoms with Gasteiger partial charge >= 0.3 is 19.8 Å². The average molecular weight is 928 g/mol. The second kappa shape index (κ2) is 51.1. The van der Waals surface area contributed by atoms with Crippen LogP contribution < -0.4 is 5.73 Å². The zero-order valence-electron chi connectivity index (χ0n) is 42.3. The third-order valence-electron chi connectivity index (χ3n) is 12.4. The van der Waals surface area contributed by atoms with Crippen molar-refractivity contribution in [3.8, 4) is 0 Å². The van der Waals surface area contributed by atoms with Gasteiger partial charge < -0.3 is 20.1 Å². The molecule has 64 heavy (non-hydrogen) atoms. The van der Waals surface area contributed by atoms with Crippen LogP contribution in [0.5, 0.6) is 0 Å². The van der Waals surface area contributed by atoms with Crippen molar-refractivity contribution in [2.24, 2.45) is 5.73 Å². The smallest absolute Gasteiger partial charge is 0.462 e. The second-order valence-corrected chi connectivity index (χ2v) is 20.3. The van der Waals surface area contributed by atoms with Crippen LogP contribution >= 0.6 is 7.82 Å². The van der Waals surface area contributed by atoms with Gasteiger partial charge in [0, 0.05) is 19.4 Å². The van der Waals surface area contributed by atoms with E-state index in [4.69, 9.17) is 24.3 Å². The number of hydrogen-bond acceptors (Lipinski definition) is 8. The number of allylic oxidation sites excluding steroid dienone is 2. The minimum atomic E-state index is -4.38. The first-order valence-electron chi connectivity index (χ1n) is 27.7. The van der Waals surface area contributed by atoms with Crippen LogP contribution in [-0.2, 0) is 32.7 Å². The summed E-state index contributed by atoms with van der Waals surface area (Å²) < 4.78 is 32.9. The second-order valence-electron chi connectivity index (χ2n) is 18.8. The summed E-state index contributed by atoms with van der Waals surface area (Å²) >= 11 is 0. The van der Waals surface area contributed by atoms with Crippen LogP contribution in [-0.4, -0.2) is 49.3 Å². The summed E-state index contributed by atoms with van der Waals surface area (Å²) in [6.07, 6.45) is 57.1. The van der Waals surface area contributed by atoms with E-state index in [1.807, 2.05) is 0 Å². The number of ether oxygens (including phenoxy) is 2. The summed E-state index contributed by atoms with van der Waals surface area (Å²) in [6.45, 7) is 3.76. The fourth-order valence-corrected chi connectivity index (χ4v) is 9.05. The Bertz CT molecular complexity index is 1060. The molecule has 0 fully saturated rings. The van der Waals surface area contributed by atoms with Gasteiger partial charge in [-0.15, -0.1) is 0 Å². The van der Waals surface area contributed by atoms with Crippen molar-refractivity contribution >= 4 is 19.8 Å². The maximum atomic E-state index is 12.6. The van der Waals surface area contributed by atoms with E-state index in [2.05, 4.69) is 26.0 Å². The highest BCUT2D eigenvalue weighted by Crippen LogP contribution is 2.43. The summed E-state index contributed by atoms with van der Waals surface area (Å²) in [5, 5.41) is 0. The van der Waals surface area contributed by atoms with Crippen LogP contribution in [0.3, 0.4) is 0 Å². The SMILES string of the molecule is CCCCCC/C=C\CCCCCCCC(=O)OC(COC(=O)CCCCCCCCCCCCCCCCCCCCCCCCCCCCCCCC)COP(=O)(O)OCCN. The van der Waals surface area contributed by atoms with E-state index in [0.29, 0.717) is 6.42 Å². The molecular weight excluding hydrogens is 822 g/mol. The molecule has 0 aromatic rings. The molecule has 0 amide bonds. The molecule has 0 saturated carbocycles. The van der Waals surface area contributed by atoms with Crippen molar-refractivity contribution < 1.29 is 37.6 Å². The van der Waals surface area contributed by atoms with Gasteiger partial charge in [-0.05, 0) is 38.5 Å². The number of unbranched alkanes of at least 4 members (excludes halogenated alkanes) is 38. The first-order valence-corrected chi connectivity index (χ1v) is 29.2. The molecule has 0 aliphatic rings. The summed E-state index contributed by atoms with van der Waals surface area (Å²) in [5.74, 6) is -0.823. The number of carbonyl (C=O) groups excluding carboxylic acids is 2. The monoisotopic (exact) mass is 928 g/mol. The molecule has 0 aliphatic heterocycles. The molecule has 10 heteroatoms. The van der Waals surface area contributed by atoms with Crippen molar-refractivity contribution in [2.75, 3.05) is 26.4 Å². The van der Waals surface area contributed by atoms with E-state index in [9.17, 15) is 19.0 Å². The van der Waals surface area contributed by atoms with Gasteiger partial charge in [0.05, 0.1) is 13.2 Å². The minimum absolute atomic E-state index is 0.0550. The number of phosphoric ester groups is 1. The largest absolute Gasteiger partial charge is 0.472 e. The maximum absolute atomic E-state index is 12.6. The number of esters is 2. The lowest BCUT2D eigenvalue weighted by Crippen LogP contribution is -2.29. The Morgan fingerprint density at radius 2 is 0.766 bits per heavy atom. The fraction of sp³-hybridized carbons (Fsp3) is 0.926. The quantitative estimate of drug-likeness (QED) is 0.0265. The van der Waals surface area contributed by atoms with Gasteiger partial charge in [0.1, 0.15) is 6.61 Å². The topological polar surface area (TPSA) is 134 Å². The standard InChI is InChI=1S/C54H106NO8P/c1-3-5-7-9-11-13-15-17-18-19-20-21-22-23-24-25-26-27-28-29-30-31-32-33-35-36-38-40-42-44-46-53(56)60-50-52(51-62-64(58,59)61-49-48-55)63-54(57)47-45-43-41-39-37-34-16-14-12-10-8-6-4-2/h14,16,52H,3-13,15,17-51,55H2,1-2H3,(H,58,59)/b16-14-. The molecule has 0 bridgehead atoms. The number of nitrogens with two attached hydrogens (primary N) is 1. The number of phosphoric acid groups is 1. The Kier molecular flexibility index (Phi) is 50.1. The molecule has 9 nitrogen and oxygen atoms in total. The molecule has 0 spiro atoms. The molecule has 0 saturated heterocycles. The summed E-state index contributed by atoms with van der Waals surface area (Å²) in [7, 11) is -4.38. The van der Waals surface area contributed by atoms with E-state index in [1.165, 1.54) is 205 Å². The Balaban J connectivity index is 3.82. The normalized spacial score (nSPS) is 13.1. The maximum Gasteiger partial charge on any atom is 0.472 e. The van der Waals surface area contributed by atoms with E-state index in [-0.39, 0.29) is 38.6 Å². The lowest BCUT2D eigenvalue weighted by atomic mass is 10.0. The Morgan fingerprint density at radius 3 is 1.12 bits per heavy atom. The minimum Gasteiger partial charge on any atom is -0.462 e. The van der Waals surface area contributed by atoms with E-state index >= 15 is 0 Å². The predicted octanol–water partition coefficient (Wildman–Crippen LogP) is 16.9.